The summed E-state index contributed by atoms with van der Waals surface area (Å²) in [6.07, 6.45) is 0.0826. The second-order valence-corrected chi connectivity index (χ2v) is 6.13. The van der Waals surface area contributed by atoms with Crippen LogP contribution in [0.4, 0.5) is 11.4 Å². The van der Waals surface area contributed by atoms with Crippen LogP contribution in [0.5, 0.6) is 0 Å². The first-order valence-corrected chi connectivity index (χ1v) is 8.31. The lowest BCUT2D eigenvalue weighted by Gasteiger charge is -2.17. The van der Waals surface area contributed by atoms with Crippen molar-refractivity contribution >= 4 is 29.2 Å². The molecule has 7 heteroatoms. The van der Waals surface area contributed by atoms with Crippen LogP contribution >= 0.6 is 0 Å². The number of carbonyl (C=O) groups excluding carboxylic acids is 3. The first kappa shape index (κ1) is 18.1. The third kappa shape index (κ3) is 3.96. The van der Waals surface area contributed by atoms with Crippen molar-refractivity contribution in [2.75, 3.05) is 23.9 Å². The molecule has 1 N–H and O–H groups in total. The summed E-state index contributed by atoms with van der Waals surface area (Å²) in [6, 6.07) is 15.2. The highest BCUT2D eigenvalue weighted by Crippen LogP contribution is 2.26. The SMILES string of the molecule is COC(=O)c1cccc(NC(=O)C2CC(=O)N(c3cccc(C#N)c3)C2)c1. The molecule has 1 aliphatic rings. The van der Waals surface area contributed by atoms with Gasteiger partial charge in [-0.2, -0.15) is 5.26 Å². The highest BCUT2D eigenvalue weighted by molar-refractivity contribution is 6.04. The Balaban J connectivity index is 1.71. The summed E-state index contributed by atoms with van der Waals surface area (Å²) in [5, 5.41) is 11.7. The molecule has 136 valence electrons. The molecule has 1 aliphatic heterocycles. The van der Waals surface area contributed by atoms with Crippen molar-refractivity contribution in [2.45, 2.75) is 6.42 Å². The second kappa shape index (κ2) is 7.70. The van der Waals surface area contributed by atoms with Crippen LogP contribution < -0.4 is 10.2 Å². The highest BCUT2D eigenvalue weighted by Gasteiger charge is 2.35. The normalized spacial score (nSPS) is 15.9. The summed E-state index contributed by atoms with van der Waals surface area (Å²) in [5.74, 6) is -1.49. The minimum absolute atomic E-state index is 0.0826. The Morgan fingerprint density at radius 2 is 2.00 bits per heavy atom. The first-order chi connectivity index (χ1) is 13.0. The van der Waals surface area contributed by atoms with Crippen LogP contribution in [0.15, 0.2) is 48.5 Å². The molecule has 0 bridgehead atoms. The van der Waals surface area contributed by atoms with Crippen LogP contribution in [-0.2, 0) is 14.3 Å². The van der Waals surface area contributed by atoms with Crippen LogP contribution in [0.1, 0.15) is 22.3 Å². The van der Waals surface area contributed by atoms with E-state index >= 15 is 0 Å². The smallest absolute Gasteiger partial charge is 0.337 e. The fourth-order valence-corrected chi connectivity index (χ4v) is 2.96. The zero-order valence-electron chi connectivity index (χ0n) is 14.6. The van der Waals surface area contributed by atoms with Crippen LogP contribution in [0.25, 0.3) is 0 Å². The molecule has 2 aromatic rings. The van der Waals surface area contributed by atoms with Gasteiger partial charge in [-0.05, 0) is 36.4 Å². The Morgan fingerprint density at radius 3 is 2.74 bits per heavy atom. The number of nitrogens with zero attached hydrogens (tertiary/aromatic N) is 2. The summed E-state index contributed by atoms with van der Waals surface area (Å²) in [5.41, 5.74) is 1.84. The van der Waals surface area contributed by atoms with E-state index in [9.17, 15) is 14.4 Å². The Bertz CT molecular complexity index is 948. The first-order valence-electron chi connectivity index (χ1n) is 8.31. The minimum Gasteiger partial charge on any atom is -0.465 e. The Kier molecular flexibility index (Phi) is 5.18. The van der Waals surface area contributed by atoms with Crippen molar-refractivity contribution < 1.29 is 19.1 Å². The second-order valence-electron chi connectivity index (χ2n) is 6.13. The molecular weight excluding hydrogens is 346 g/mol. The fourth-order valence-electron chi connectivity index (χ4n) is 2.96. The molecule has 0 aliphatic carbocycles. The van der Waals surface area contributed by atoms with Gasteiger partial charge in [0.25, 0.3) is 0 Å². The number of hydrogen-bond donors (Lipinski definition) is 1. The van der Waals surface area contributed by atoms with E-state index in [-0.39, 0.29) is 24.8 Å². The average Bonchev–Trinajstić information content (AvgIpc) is 3.09. The van der Waals surface area contributed by atoms with E-state index in [1.807, 2.05) is 6.07 Å². The molecule has 1 fully saturated rings. The molecule has 0 radical (unpaired) electrons. The summed E-state index contributed by atoms with van der Waals surface area (Å²) < 4.78 is 4.67. The van der Waals surface area contributed by atoms with Crippen LogP contribution in [0, 0.1) is 17.2 Å². The van der Waals surface area contributed by atoms with Gasteiger partial charge in [-0.25, -0.2) is 4.79 Å². The molecule has 0 saturated carbocycles. The number of nitriles is 1. The molecule has 7 nitrogen and oxygen atoms in total. The number of anilines is 2. The molecule has 1 heterocycles. The van der Waals surface area contributed by atoms with Crippen molar-refractivity contribution in [3.05, 3.63) is 59.7 Å². The summed E-state index contributed by atoms with van der Waals surface area (Å²) in [7, 11) is 1.29. The number of ether oxygens (including phenoxy) is 1. The number of carbonyl (C=O) groups is 3. The molecule has 27 heavy (non-hydrogen) atoms. The molecule has 2 amide bonds. The van der Waals surface area contributed by atoms with E-state index in [0.717, 1.165) is 0 Å². The van der Waals surface area contributed by atoms with Crippen LogP contribution in [0.3, 0.4) is 0 Å². The van der Waals surface area contributed by atoms with Crippen LogP contribution in [-0.4, -0.2) is 31.4 Å². The van der Waals surface area contributed by atoms with Crippen molar-refractivity contribution in [1.82, 2.24) is 0 Å². The van der Waals surface area contributed by atoms with Gasteiger partial charge in [-0.3, -0.25) is 9.59 Å². The summed E-state index contributed by atoms with van der Waals surface area (Å²) >= 11 is 0. The number of benzene rings is 2. The molecule has 2 aromatic carbocycles. The van der Waals surface area contributed by atoms with E-state index in [2.05, 4.69) is 10.1 Å². The number of esters is 1. The third-order valence-electron chi connectivity index (χ3n) is 4.33. The van der Waals surface area contributed by atoms with Gasteiger partial charge in [0, 0.05) is 24.3 Å². The van der Waals surface area contributed by atoms with Gasteiger partial charge < -0.3 is 15.0 Å². The topological polar surface area (TPSA) is 99.5 Å². The van der Waals surface area contributed by atoms with Gasteiger partial charge in [-0.1, -0.05) is 12.1 Å². The maximum absolute atomic E-state index is 12.6. The number of methoxy groups -OCH3 is 1. The minimum atomic E-state index is -0.523. The molecule has 1 unspecified atom stereocenters. The quantitative estimate of drug-likeness (QED) is 0.841. The third-order valence-corrected chi connectivity index (χ3v) is 4.33. The van der Waals surface area contributed by atoms with Crippen LogP contribution in [0.2, 0.25) is 0 Å². The lowest BCUT2D eigenvalue weighted by atomic mass is 10.1. The number of rotatable bonds is 4. The molecular formula is C20H17N3O4. The summed E-state index contributed by atoms with van der Waals surface area (Å²) in [4.78, 5) is 38.0. The monoisotopic (exact) mass is 363 g/mol. The number of amides is 2. The zero-order valence-corrected chi connectivity index (χ0v) is 14.6. The standard InChI is InChI=1S/C20H17N3O4/c1-27-20(26)14-5-3-6-16(9-14)22-19(25)15-10-18(24)23(12-15)17-7-2-4-13(8-17)11-21/h2-9,15H,10,12H2,1H3,(H,22,25). The zero-order chi connectivity index (χ0) is 19.4. The molecule has 0 spiro atoms. The van der Waals surface area contributed by atoms with Crippen molar-refractivity contribution in [3.8, 4) is 6.07 Å². The van der Waals surface area contributed by atoms with Gasteiger partial charge in [0.2, 0.25) is 11.8 Å². The predicted molar refractivity (Wildman–Crippen MR) is 98.0 cm³/mol. The van der Waals surface area contributed by atoms with Crippen molar-refractivity contribution in [2.24, 2.45) is 5.92 Å². The lowest BCUT2D eigenvalue weighted by Crippen LogP contribution is -2.28. The molecule has 3 rings (SSSR count). The highest BCUT2D eigenvalue weighted by atomic mass is 16.5. The van der Waals surface area contributed by atoms with Crippen molar-refractivity contribution in [3.63, 3.8) is 0 Å². The van der Waals surface area contributed by atoms with Gasteiger partial charge in [-0.15, -0.1) is 0 Å². The maximum atomic E-state index is 12.6. The molecule has 1 atom stereocenters. The van der Waals surface area contributed by atoms with E-state index in [1.54, 1.807) is 42.5 Å². The van der Waals surface area contributed by atoms with E-state index in [4.69, 9.17) is 5.26 Å². The molecule has 0 aromatic heterocycles. The average molecular weight is 363 g/mol. The number of nitrogens with one attached hydrogen (secondary N) is 1. The Hall–Kier alpha value is -3.66. The van der Waals surface area contributed by atoms with Gasteiger partial charge in [0.05, 0.1) is 30.2 Å². The predicted octanol–water partition coefficient (Wildman–Crippen LogP) is 2.34. The van der Waals surface area contributed by atoms with Gasteiger partial charge in [0.1, 0.15) is 0 Å². The van der Waals surface area contributed by atoms with Gasteiger partial charge in [0.15, 0.2) is 0 Å². The summed E-state index contributed by atoms with van der Waals surface area (Å²) in [6.45, 7) is 0.232. The van der Waals surface area contributed by atoms with Gasteiger partial charge >= 0.3 is 5.97 Å². The lowest BCUT2D eigenvalue weighted by molar-refractivity contribution is -0.122. The number of hydrogen-bond acceptors (Lipinski definition) is 5. The van der Waals surface area contributed by atoms with Crippen molar-refractivity contribution in [1.29, 1.82) is 5.26 Å². The van der Waals surface area contributed by atoms with E-state index in [0.29, 0.717) is 22.5 Å². The maximum Gasteiger partial charge on any atom is 0.337 e. The Morgan fingerprint density at radius 1 is 1.22 bits per heavy atom. The Labute approximate surface area is 156 Å². The van der Waals surface area contributed by atoms with E-state index < -0.39 is 11.9 Å². The molecule has 1 saturated heterocycles. The fraction of sp³-hybridized carbons (Fsp3) is 0.200. The van der Waals surface area contributed by atoms with E-state index in [1.165, 1.54) is 18.1 Å². The largest absolute Gasteiger partial charge is 0.465 e.